The Labute approximate surface area is 61.6 Å². The highest BCUT2D eigenvalue weighted by Crippen LogP contribution is 1.67. The van der Waals surface area contributed by atoms with Crippen molar-refractivity contribution in [1.82, 2.24) is 10.2 Å². The van der Waals surface area contributed by atoms with E-state index >= 15 is 0 Å². The molecular formula is C4H7N4O3+. The van der Waals surface area contributed by atoms with Crippen molar-refractivity contribution in [2.45, 2.75) is 0 Å². The molecule has 0 bridgehead atoms. The average molecular weight is 159 g/mol. The van der Waals surface area contributed by atoms with Crippen LogP contribution in [0.2, 0.25) is 0 Å². The summed E-state index contributed by atoms with van der Waals surface area (Å²) in [4.78, 5) is 22.9. The molecule has 0 rings (SSSR count). The molecule has 0 aliphatic heterocycles. The molecule has 7 heteroatoms. The number of carbonyl (C=O) groups excluding carboxylic acids is 1. The molecule has 0 aromatic rings. The molecule has 3 N–H and O–H groups in total. The van der Waals surface area contributed by atoms with Crippen molar-refractivity contribution in [1.29, 1.82) is 5.53 Å². The molecular weight excluding hydrogens is 152 g/mol. The maximum absolute atomic E-state index is 10.5. The third kappa shape index (κ3) is 6.13. The molecule has 0 spiro atoms. The summed E-state index contributed by atoms with van der Waals surface area (Å²) in [6.45, 7) is -0.747. The van der Waals surface area contributed by atoms with Gasteiger partial charge in [0.05, 0.1) is 0 Å². The Kier molecular flexibility index (Phi) is 4.26. The first-order valence-electron chi connectivity index (χ1n) is 2.68. The predicted octanol–water partition coefficient (Wildman–Crippen LogP) is -1.26. The van der Waals surface area contributed by atoms with Crippen LogP contribution in [0.25, 0.3) is 0 Å². The summed E-state index contributed by atoms with van der Waals surface area (Å²) in [6, 6.07) is 0. The topological polar surface area (TPSA) is 117 Å². The summed E-state index contributed by atoms with van der Waals surface area (Å²) in [6.07, 6.45) is 0. The number of nitrogens with zero attached hydrogens (tertiary/aromatic N) is 2. The highest BCUT2D eigenvalue weighted by atomic mass is 16.4. The Morgan fingerprint density at radius 2 is 2.27 bits per heavy atom. The Morgan fingerprint density at radius 1 is 1.64 bits per heavy atom. The van der Waals surface area contributed by atoms with E-state index in [2.05, 4.69) is 10.0 Å². The third-order valence-electron chi connectivity index (χ3n) is 0.722. The summed E-state index contributed by atoms with van der Waals surface area (Å²) in [5.41, 5.74) is 6.17. The van der Waals surface area contributed by atoms with Crippen molar-refractivity contribution in [2.75, 3.05) is 13.1 Å². The fraction of sp³-hybridized carbons (Fsp3) is 0.500. The van der Waals surface area contributed by atoms with E-state index in [9.17, 15) is 9.59 Å². The molecule has 1 amide bonds. The minimum atomic E-state index is -1.12. The second-order valence-corrected chi connectivity index (χ2v) is 1.57. The van der Waals surface area contributed by atoms with E-state index in [0.29, 0.717) is 0 Å². The van der Waals surface area contributed by atoms with Gasteiger partial charge in [0.1, 0.15) is 17.2 Å². The second kappa shape index (κ2) is 5.07. The van der Waals surface area contributed by atoms with Crippen LogP contribution in [0.5, 0.6) is 0 Å². The van der Waals surface area contributed by atoms with E-state index in [4.69, 9.17) is 10.6 Å². The van der Waals surface area contributed by atoms with Gasteiger partial charge in [0.25, 0.3) is 0 Å². The van der Waals surface area contributed by atoms with Crippen molar-refractivity contribution in [2.24, 2.45) is 5.11 Å². The van der Waals surface area contributed by atoms with Gasteiger partial charge in [-0.15, -0.1) is 0 Å². The molecule has 0 aliphatic rings. The lowest BCUT2D eigenvalue weighted by molar-refractivity contribution is -0.137. The highest BCUT2D eigenvalue weighted by Gasteiger charge is 2.04. The van der Waals surface area contributed by atoms with E-state index in [1.807, 2.05) is 5.32 Å². The zero-order chi connectivity index (χ0) is 8.69. The quantitative estimate of drug-likeness (QED) is 0.351. The standard InChI is InChI=1S/C4H6N4O3/c5-8-7-1-3(9)6-2-4(10)11/h5H,1-2H2,(H-,6,9,10,11)/p+1. The number of carboxylic acid groups (broad SMARTS) is 1. The Bertz CT molecular complexity index is 207. The third-order valence-corrected chi connectivity index (χ3v) is 0.722. The molecule has 0 heterocycles. The molecule has 0 aromatic carbocycles. The van der Waals surface area contributed by atoms with Crippen LogP contribution in [0.1, 0.15) is 0 Å². The number of carboxylic acids is 1. The van der Waals surface area contributed by atoms with Crippen LogP contribution >= 0.6 is 0 Å². The number of hydrogen-bond acceptors (Lipinski definition) is 4. The number of hydrogen-bond donors (Lipinski definition) is 3. The molecule has 0 aliphatic carbocycles. The van der Waals surface area contributed by atoms with Gasteiger partial charge >= 0.3 is 5.97 Å². The summed E-state index contributed by atoms with van der Waals surface area (Å²) < 4.78 is 0. The van der Waals surface area contributed by atoms with E-state index < -0.39 is 18.4 Å². The van der Waals surface area contributed by atoms with Gasteiger partial charge in [-0.25, -0.2) is 0 Å². The van der Waals surface area contributed by atoms with Crippen molar-refractivity contribution in [3.63, 3.8) is 0 Å². The van der Waals surface area contributed by atoms with Crippen LogP contribution in [0.3, 0.4) is 0 Å². The van der Waals surface area contributed by atoms with Crippen molar-refractivity contribution in [3.8, 4) is 0 Å². The second-order valence-electron chi connectivity index (χ2n) is 1.57. The predicted molar refractivity (Wildman–Crippen MR) is 32.8 cm³/mol. The maximum atomic E-state index is 10.5. The van der Waals surface area contributed by atoms with Crippen LogP contribution in [0.4, 0.5) is 0 Å². The lowest BCUT2D eigenvalue weighted by Gasteiger charge is -1.93. The SMILES string of the molecule is N=[N+]=NCC(=O)NCC(=O)O. The summed E-state index contributed by atoms with van der Waals surface area (Å²) in [7, 11) is 0. The minimum Gasteiger partial charge on any atom is -0.480 e. The first-order valence-corrected chi connectivity index (χ1v) is 2.68. The van der Waals surface area contributed by atoms with Crippen LogP contribution in [0.15, 0.2) is 5.11 Å². The summed E-state index contributed by atoms with van der Waals surface area (Å²) in [5, 5.41) is 13.2. The smallest absolute Gasteiger partial charge is 0.322 e. The number of rotatable bonds is 4. The molecule has 60 valence electrons. The van der Waals surface area contributed by atoms with Crippen LogP contribution in [0, 0.1) is 5.53 Å². The highest BCUT2D eigenvalue weighted by molar-refractivity contribution is 5.82. The van der Waals surface area contributed by atoms with Crippen molar-refractivity contribution in [3.05, 3.63) is 0 Å². The molecule has 0 saturated carbocycles. The van der Waals surface area contributed by atoms with Gasteiger partial charge in [-0.3, -0.25) is 9.59 Å². The molecule has 11 heavy (non-hydrogen) atoms. The first kappa shape index (κ1) is 9.25. The molecule has 7 nitrogen and oxygen atoms in total. The molecule has 0 fully saturated rings. The Hall–Kier alpha value is -1.75. The molecule has 0 saturated heterocycles. The van der Waals surface area contributed by atoms with Gasteiger partial charge in [0.15, 0.2) is 0 Å². The van der Waals surface area contributed by atoms with Crippen molar-refractivity contribution < 1.29 is 14.7 Å². The summed E-state index contributed by atoms with van der Waals surface area (Å²) in [5.74, 6) is -1.69. The largest absolute Gasteiger partial charge is 0.480 e. The maximum Gasteiger partial charge on any atom is 0.322 e. The normalized spacial score (nSPS) is 8.00. The zero-order valence-electron chi connectivity index (χ0n) is 5.57. The lowest BCUT2D eigenvalue weighted by Crippen LogP contribution is -2.30. The van der Waals surface area contributed by atoms with Gasteiger partial charge < -0.3 is 10.4 Å². The molecule has 0 unspecified atom stereocenters. The van der Waals surface area contributed by atoms with E-state index in [0.717, 1.165) is 0 Å². The van der Waals surface area contributed by atoms with Gasteiger partial charge in [-0.05, 0) is 0 Å². The summed E-state index contributed by atoms with van der Waals surface area (Å²) >= 11 is 0. The number of nitrogens with one attached hydrogen (secondary N) is 2. The zero-order valence-corrected chi connectivity index (χ0v) is 5.57. The Morgan fingerprint density at radius 3 is 2.73 bits per heavy atom. The van der Waals surface area contributed by atoms with E-state index in [-0.39, 0.29) is 6.54 Å². The first-order chi connectivity index (χ1) is 5.16. The Balaban J connectivity index is 3.53. The average Bonchev–Trinajstić information content (AvgIpc) is 1.97. The molecule has 0 aromatic heterocycles. The monoisotopic (exact) mass is 159 g/mol. The molecule has 0 radical (unpaired) electrons. The minimum absolute atomic E-state index is 0.309. The van der Waals surface area contributed by atoms with E-state index in [1.165, 1.54) is 0 Å². The van der Waals surface area contributed by atoms with Gasteiger partial charge in [-0.1, -0.05) is 0 Å². The number of aliphatic carboxylic acids is 1. The van der Waals surface area contributed by atoms with E-state index in [1.54, 1.807) is 0 Å². The fourth-order valence-electron chi connectivity index (χ4n) is 0.330. The van der Waals surface area contributed by atoms with Gasteiger partial charge in [0, 0.05) is 0 Å². The fourth-order valence-corrected chi connectivity index (χ4v) is 0.330. The van der Waals surface area contributed by atoms with Crippen LogP contribution in [-0.4, -0.2) is 30.1 Å². The van der Waals surface area contributed by atoms with Crippen LogP contribution < -0.4 is 10.2 Å². The van der Waals surface area contributed by atoms with Crippen LogP contribution in [-0.2, 0) is 9.59 Å². The lowest BCUT2D eigenvalue weighted by atomic mass is 10.5. The number of carbonyl (C=O) groups is 2. The van der Waals surface area contributed by atoms with Gasteiger partial charge in [-0.2, -0.15) is 0 Å². The van der Waals surface area contributed by atoms with Crippen molar-refractivity contribution >= 4 is 11.9 Å². The van der Waals surface area contributed by atoms with Gasteiger partial charge in [0.2, 0.25) is 17.4 Å². The number of amides is 1. The molecule has 0 atom stereocenters.